The highest BCUT2D eigenvalue weighted by Gasteiger charge is 2.32. The maximum atomic E-state index is 5.32. The minimum Gasteiger partial charge on any atom is -0.501 e. The van der Waals surface area contributed by atoms with Crippen LogP contribution >= 0.6 is 0 Å². The molecule has 0 amide bonds. The quantitative estimate of drug-likeness (QED) is 0.667. The Balaban J connectivity index is 2.06. The third-order valence-corrected chi connectivity index (χ3v) is 3.57. The van der Waals surface area contributed by atoms with Crippen molar-refractivity contribution in [2.45, 2.75) is 32.2 Å². The van der Waals surface area contributed by atoms with Gasteiger partial charge in [-0.1, -0.05) is 0 Å². The van der Waals surface area contributed by atoms with Crippen molar-refractivity contribution in [3.63, 3.8) is 0 Å². The molecule has 0 aromatic carbocycles. The van der Waals surface area contributed by atoms with E-state index in [1.165, 1.54) is 25.1 Å². The van der Waals surface area contributed by atoms with E-state index in [0.29, 0.717) is 6.04 Å². The monoisotopic (exact) mass is 181 g/mol. The van der Waals surface area contributed by atoms with Crippen LogP contribution in [0.5, 0.6) is 0 Å². The smallest absolute Gasteiger partial charge is 0.0918 e. The van der Waals surface area contributed by atoms with E-state index in [1.54, 1.807) is 7.11 Å². The van der Waals surface area contributed by atoms with Crippen molar-refractivity contribution in [3.8, 4) is 0 Å². The summed E-state index contributed by atoms with van der Waals surface area (Å²) in [4.78, 5) is 0. The van der Waals surface area contributed by atoms with Crippen LogP contribution in [0.1, 0.15) is 26.2 Å². The number of hydrogen-bond donors (Lipinski definition) is 1. The molecule has 1 aliphatic carbocycles. The minimum atomic E-state index is 0.688. The first-order valence-electron chi connectivity index (χ1n) is 5.27. The van der Waals surface area contributed by atoms with E-state index in [0.717, 1.165) is 18.3 Å². The highest BCUT2D eigenvalue weighted by atomic mass is 16.5. The zero-order valence-electron chi connectivity index (χ0n) is 8.55. The van der Waals surface area contributed by atoms with Gasteiger partial charge in [0.15, 0.2) is 0 Å². The molecule has 13 heavy (non-hydrogen) atoms. The Labute approximate surface area is 80.4 Å². The topological polar surface area (TPSA) is 21.3 Å². The first-order valence-corrected chi connectivity index (χ1v) is 5.27. The summed E-state index contributed by atoms with van der Waals surface area (Å²) in [7, 11) is 1.79. The first kappa shape index (κ1) is 9.07. The fourth-order valence-corrected chi connectivity index (χ4v) is 2.70. The second kappa shape index (κ2) is 3.70. The van der Waals surface area contributed by atoms with Crippen molar-refractivity contribution in [2.24, 2.45) is 11.8 Å². The van der Waals surface area contributed by atoms with Gasteiger partial charge in [-0.15, -0.1) is 0 Å². The van der Waals surface area contributed by atoms with Crippen LogP contribution < -0.4 is 5.32 Å². The summed E-state index contributed by atoms with van der Waals surface area (Å²) in [5.41, 5.74) is 0. The van der Waals surface area contributed by atoms with Gasteiger partial charge in [-0.25, -0.2) is 0 Å². The second-order valence-electron chi connectivity index (χ2n) is 4.27. The van der Waals surface area contributed by atoms with Crippen molar-refractivity contribution >= 4 is 0 Å². The number of fused-ring (bicyclic) bond motifs is 1. The van der Waals surface area contributed by atoms with Gasteiger partial charge in [-0.3, -0.25) is 0 Å². The molecule has 1 aliphatic heterocycles. The van der Waals surface area contributed by atoms with Crippen LogP contribution in [0.25, 0.3) is 0 Å². The summed E-state index contributed by atoms with van der Waals surface area (Å²) in [5, 5.41) is 3.54. The molecule has 2 aliphatic rings. The van der Waals surface area contributed by atoms with Crippen LogP contribution in [-0.4, -0.2) is 19.7 Å². The molecule has 3 unspecified atom stereocenters. The summed E-state index contributed by atoms with van der Waals surface area (Å²) in [6.45, 7) is 3.49. The molecule has 0 aromatic rings. The van der Waals surface area contributed by atoms with Crippen molar-refractivity contribution in [3.05, 3.63) is 11.8 Å². The third-order valence-electron chi connectivity index (χ3n) is 3.57. The highest BCUT2D eigenvalue weighted by molar-refractivity contribution is 5.05. The molecule has 0 bridgehead atoms. The van der Waals surface area contributed by atoms with E-state index < -0.39 is 0 Å². The normalized spacial score (nSPS) is 39.2. The molecular formula is C11H19NO. The average molecular weight is 181 g/mol. The SMILES string of the molecule is COC1=CCC2C(CCNC2C)C1. The van der Waals surface area contributed by atoms with Gasteiger partial charge in [0.2, 0.25) is 0 Å². The zero-order valence-corrected chi connectivity index (χ0v) is 8.55. The molecule has 0 spiro atoms. The Bertz CT molecular complexity index is 212. The summed E-state index contributed by atoms with van der Waals surface area (Å²) < 4.78 is 5.32. The van der Waals surface area contributed by atoms with Gasteiger partial charge in [0.25, 0.3) is 0 Å². The summed E-state index contributed by atoms with van der Waals surface area (Å²) in [6, 6.07) is 0.688. The van der Waals surface area contributed by atoms with Crippen LogP contribution in [0.15, 0.2) is 11.8 Å². The van der Waals surface area contributed by atoms with E-state index in [-0.39, 0.29) is 0 Å². The molecule has 0 radical (unpaired) electrons. The Hall–Kier alpha value is -0.500. The lowest BCUT2D eigenvalue weighted by molar-refractivity contribution is 0.151. The minimum absolute atomic E-state index is 0.688. The fourth-order valence-electron chi connectivity index (χ4n) is 2.70. The van der Waals surface area contributed by atoms with Gasteiger partial charge < -0.3 is 10.1 Å². The van der Waals surface area contributed by atoms with Gasteiger partial charge in [0.05, 0.1) is 12.9 Å². The maximum absolute atomic E-state index is 5.32. The van der Waals surface area contributed by atoms with Crippen molar-refractivity contribution < 1.29 is 4.74 Å². The number of piperidine rings is 1. The fraction of sp³-hybridized carbons (Fsp3) is 0.818. The third kappa shape index (κ3) is 1.73. The van der Waals surface area contributed by atoms with Crippen molar-refractivity contribution in [1.29, 1.82) is 0 Å². The van der Waals surface area contributed by atoms with Crippen LogP contribution in [0.3, 0.4) is 0 Å². The summed E-state index contributed by atoms with van der Waals surface area (Å²) >= 11 is 0. The van der Waals surface area contributed by atoms with Crippen LogP contribution in [0, 0.1) is 11.8 Å². The van der Waals surface area contributed by atoms with E-state index in [9.17, 15) is 0 Å². The van der Waals surface area contributed by atoms with Gasteiger partial charge >= 0.3 is 0 Å². The number of ether oxygens (including phenoxy) is 1. The zero-order chi connectivity index (χ0) is 9.26. The highest BCUT2D eigenvalue weighted by Crippen LogP contribution is 2.36. The molecule has 1 fully saturated rings. The number of hydrogen-bond acceptors (Lipinski definition) is 2. The number of nitrogens with one attached hydrogen (secondary N) is 1. The predicted octanol–water partition coefficient (Wildman–Crippen LogP) is 1.92. The molecule has 2 rings (SSSR count). The molecular weight excluding hydrogens is 162 g/mol. The Morgan fingerprint density at radius 2 is 2.38 bits per heavy atom. The predicted molar refractivity (Wildman–Crippen MR) is 53.4 cm³/mol. The van der Waals surface area contributed by atoms with Crippen LogP contribution in [0.4, 0.5) is 0 Å². The van der Waals surface area contributed by atoms with Gasteiger partial charge in [-0.05, 0) is 44.2 Å². The molecule has 1 saturated heterocycles. The molecule has 1 N–H and O–H groups in total. The molecule has 74 valence electrons. The lowest BCUT2D eigenvalue weighted by atomic mass is 9.74. The maximum Gasteiger partial charge on any atom is 0.0918 e. The largest absolute Gasteiger partial charge is 0.501 e. The average Bonchev–Trinajstić information content (AvgIpc) is 2.18. The number of rotatable bonds is 1. The van der Waals surface area contributed by atoms with Crippen molar-refractivity contribution in [1.82, 2.24) is 5.32 Å². The number of methoxy groups -OCH3 is 1. The van der Waals surface area contributed by atoms with Gasteiger partial charge in [-0.2, -0.15) is 0 Å². The molecule has 1 heterocycles. The molecule has 3 atom stereocenters. The Kier molecular flexibility index (Phi) is 2.58. The molecule has 0 saturated carbocycles. The lowest BCUT2D eigenvalue weighted by Gasteiger charge is -2.39. The Morgan fingerprint density at radius 3 is 3.15 bits per heavy atom. The van der Waals surface area contributed by atoms with E-state index in [4.69, 9.17) is 4.74 Å². The van der Waals surface area contributed by atoms with Gasteiger partial charge in [0.1, 0.15) is 0 Å². The second-order valence-corrected chi connectivity index (χ2v) is 4.27. The standard InChI is InChI=1S/C11H19NO/c1-8-11-4-3-10(13-2)7-9(11)5-6-12-8/h3,8-9,11-12H,4-7H2,1-2H3. The molecule has 2 nitrogen and oxygen atoms in total. The van der Waals surface area contributed by atoms with E-state index >= 15 is 0 Å². The van der Waals surface area contributed by atoms with E-state index in [2.05, 4.69) is 18.3 Å². The Morgan fingerprint density at radius 1 is 1.54 bits per heavy atom. The number of allylic oxidation sites excluding steroid dienone is 2. The van der Waals surface area contributed by atoms with Crippen LogP contribution in [-0.2, 0) is 4.74 Å². The first-order chi connectivity index (χ1) is 6.31. The van der Waals surface area contributed by atoms with Crippen LogP contribution in [0.2, 0.25) is 0 Å². The summed E-state index contributed by atoms with van der Waals surface area (Å²) in [5.74, 6) is 2.90. The van der Waals surface area contributed by atoms with E-state index in [1.807, 2.05) is 0 Å². The molecule has 2 heteroatoms. The van der Waals surface area contributed by atoms with Gasteiger partial charge in [0, 0.05) is 12.5 Å². The lowest BCUT2D eigenvalue weighted by Crippen LogP contribution is -2.45. The molecule has 0 aromatic heterocycles. The van der Waals surface area contributed by atoms with Crippen molar-refractivity contribution in [2.75, 3.05) is 13.7 Å². The summed E-state index contributed by atoms with van der Waals surface area (Å²) in [6.07, 6.45) is 5.94.